The van der Waals surface area contributed by atoms with Crippen LogP contribution in [0.5, 0.6) is 0 Å². The third kappa shape index (κ3) is 2.55. The van der Waals surface area contributed by atoms with Gasteiger partial charge in [-0.15, -0.1) is 0 Å². The number of nitrogens with zero attached hydrogens (tertiary/aromatic N) is 5. The van der Waals surface area contributed by atoms with Crippen LogP contribution in [0.4, 0.5) is 0 Å². The first-order chi connectivity index (χ1) is 17.4. The average molecular weight is 450 g/mol. The molecule has 0 saturated heterocycles. The molecular formula is C30H19N5. The van der Waals surface area contributed by atoms with Crippen LogP contribution in [-0.4, -0.2) is 19.1 Å². The average Bonchev–Trinajstić information content (AvgIpc) is 3.57. The predicted octanol–water partition coefficient (Wildman–Crippen LogP) is 5.29. The van der Waals surface area contributed by atoms with E-state index in [1.807, 2.05) is 24.4 Å². The van der Waals surface area contributed by atoms with Gasteiger partial charge in [0.05, 0.1) is 21.9 Å². The number of benzene rings is 3. The molecule has 0 saturated carbocycles. The molecule has 164 valence electrons. The number of rotatable bonds is 2. The number of para-hydroxylation sites is 3. The lowest BCUT2D eigenvalue weighted by Gasteiger charge is -2.11. The molecule has 1 aliphatic heterocycles. The van der Waals surface area contributed by atoms with Gasteiger partial charge in [0.15, 0.2) is 0 Å². The van der Waals surface area contributed by atoms with Crippen LogP contribution in [0.3, 0.4) is 0 Å². The van der Waals surface area contributed by atoms with Gasteiger partial charge in [-0.1, -0.05) is 54.6 Å². The second-order valence-corrected chi connectivity index (χ2v) is 8.93. The summed E-state index contributed by atoms with van der Waals surface area (Å²) in [6, 6.07) is 33.5. The quantitative estimate of drug-likeness (QED) is 0.360. The van der Waals surface area contributed by atoms with Gasteiger partial charge in [0.1, 0.15) is 17.5 Å². The molecule has 0 N–H and O–H groups in total. The molecule has 1 aliphatic rings. The number of fused-ring (bicyclic) bond motifs is 7. The van der Waals surface area contributed by atoms with Gasteiger partial charge in [0, 0.05) is 28.0 Å². The van der Waals surface area contributed by atoms with Crippen molar-refractivity contribution in [2.24, 2.45) is 4.99 Å². The van der Waals surface area contributed by atoms with Crippen molar-refractivity contribution in [1.29, 1.82) is 0 Å². The fourth-order valence-electron chi connectivity index (χ4n) is 5.47. The van der Waals surface area contributed by atoms with E-state index in [1.165, 1.54) is 5.39 Å². The lowest BCUT2D eigenvalue weighted by molar-refractivity contribution is 0.701. The molecule has 0 radical (unpaired) electrons. The Balaban J connectivity index is 1.54. The Morgan fingerprint density at radius 3 is 2.37 bits per heavy atom. The molecule has 5 heterocycles. The van der Waals surface area contributed by atoms with Gasteiger partial charge in [-0.25, -0.2) is 4.98 Å². The van der Waals surface area contributed by atoms with E-state index in [1.54, 1.807) is 0 Å². The van der Waals surface area contributed by atoms with Crippen LogP contribution in [0.1, 0.15) is 6.17 Å². The topological polar surface area (TPSA) is 48.0 Å². The monoisotopic (exact) mass is 449 g/mol. The maximum absolute atomic E-state index is 5.34. The van der Waals surface area contributed by atoms with Crippen LogP contribution < -0.4 is 10.6 Å². The highest BCUT2D eigenvalue weighted by Gasteiger charge is 2.22. The van der Waals surface area contributed by atoms with Gasteiger partial charge < -0.3 is 0 Å². The largest absolute Gasteiger partial charge is 0.299 e. The Morgan fingerprint density at radius 1 is 0.657 bits per heavy atom. The van der Waals surface area contributed by atoms with E-state index in [2.05, 4.69) is 94.1 Å². The van der Waals surface area contributed by atoms with Gasteiger partial charge in [0.2, 0.25) is 0 Å². The molecule has 5 nitrogen and oxygen atoms in total. The SMILES string of the molecule is C1=c2ccccc2=NC1n1c2ccccc2c2cc3c4ncccc4n(-c4ccccc4)c3nc21. The number of hydrogen-bond donors (Lipinski definition) is 0. The van der Waals surface area contributed by atoms with E-state index in [4.69, 9.17) is 15.0 Å². The highest BCUT2D eigenvalue weighted by atomic mass is 15.2. The first-order valence-electron chi connectivity index (χ1n) is 11.8. The van der Waals surface area contributed by atoms with E-state index in [0.29, 0.717) is 0 Å². The van der Waals surface area contributed by atoms with Crippen molar-refractivity contribution in [3.63, 3.8) is 0 Å². The van der Waals surface area contributed by atoms with Gasteiger partial charge in [-0.3, -0.25) is 19.1 Å². The summed E-state index contributed by atoms with van der Waals surface area (Å²) >= 11 is 0. The van der Waals surface area contributed by atoms with E-state index in [9.17, 15) is 0 Å². The highest BCUT2D eigenvalue weighted by Crippen LogP contribution is 2.37. The van der Waals surface area contributed by atoms with Crippen LogP contribution in [0.25, 0.3) is 55.8 Å². The third-order valence-electron chi connectivity index (χ3n) is 6.97. The lowest BCUT2D eigenvalue weighted by atomic mass is 10.1. The van der Waals surface area contributed by atoms with Crippen molar-refractivity contribution < 1.29 is 0 Å². The number of aromatic nitrogens is 4. The van der Waals surface area contributed by atoms with Crippen molar-refractivity contribution >= 4 is 50.1 Å². The van der Waals surface area contributed by atoms with Gasteiger partial charge in [0.25, 0.3) is 0 Å². The molecule has 3 aromatic carbocycles. The Hall–Kier alpha value is -4.77. The third-order valence-corrected chi connectivity index (χ3v) is 6.97. The fourth-order valence-corrected chi connectivity index (χ4v) is 5.47. The Kier molecular flexibility index (Phi) is 3.66. The maximum atomic E-state index is 5.34. The zero-order valence-electron chi connectivity index (χ0n) is 18.7. The second-order valence-electron chi connectivity index (χ2n) is 8.93. The molecule has 0 bridgehead atoms. The number of hydrogen-bond acceptors (Lipinski definition) is 3. The summed E-state index contributed by atoms with van der Waals surface area (Å²) in [5.74, 6) is 0. The van der Waals surface area contributed by atoms with Gasteiger partial charge in [-0.05, 0) is 53.8 Å². The van der Waals surface area contributed by atoms with Crippen LogP contribution in [0, 0.1) is 0 Å². The molecular weight excluding hydrogens is 430 g/mol. The molecule has 5 heteroatoms. The second kappa shape index (κ2) is 6.87. The molecule has 0 fully saturated rings. The van der Waals surface area contributed by atoms with Crippen molar-refractivity contribution in [3.8, 4) is 5.69 Å². The Morgan fingerprint density at radius 2 is 1.46 bits per heavy atom. The summed E-state index contributed by atoms with van der Waals surface area (Å²) < 4.78 is 4.48. The molecule has 0 aliphatic carbocycles. The van der Waals surface area contributed by atoms with E-state index in [-0.39, 0.29) is 6.17 Å². The predicted molar refractivity (Wildman–Crippen MR) is 140 cm³/mol. The lowest BCUT2D eigenvalue weighted by Crippen LogP contribution is -2.19. The molecule has 1 atom stereocenters. The maximum Gasteiger partial charge on any atom is 0.149 e. The smallest absolute Gasteiger partial charge is 0.149 e. The zero-order chi connectivity index (χ0) is 22.9. The van der Waals surface area contributed by atoms with Crippen molar-refractivity contribution in [2.45, 2.75) is 6.17 Å². The van der Waals surface area contributed by atoms with Gasteiger partial charge in [-0.2, -0.15) is 0 Å². The minimum atomic E-state index is -0.146. The van der Waals surface area contributed by atoms with E-state index in [0.717, 1.165) is 54.9 Å². The van der Waals surface area contributed by atoms with E-state index < -0.39 is 0 Å². The molecule has 7 aromatic rings. The van der Waals surface area contributed by atoms with E-state index >= 15 is 0 Å². The van der Waals surface area contributed by atoms with Crippen molar-refractivity contribution in [3.05, 3.63) is 114 Å². The summed E-state index contributed by atoms with van der Waals surface area (Å²) in [7, 11) is 0. The standard InChI is InChI=1S/C30H19N5/c1-2-10-20(11-3-1)34-26-15-8-16-31-28(26)23-18-22-21-12-5-7-14-25(21)35(29(22)33-30(23)34)27-17-19-9-4-6-13-24(19)32-27/h1-18,27H. The summed E-state index contributed by atoms with van der Waals surface area (Å²) in [5, 5.41) is 5.52. The van der Waals surface area contributed by atoms with Crippen molar-refractivity contribution in [2.75, 3.05) is 0 Å². The molecule has 1 unspecified atom stereocenters. The minimum Gasteiger partial charge on any atom is -0.299 e. The summed E-state index contributed by atoms with van der Waals surface area (Å²) in [6.07, 6.45) is 3.93. The normalized spacial score (nSPS) is 15.0. The van der Waals surface area contributed by atoms with Crippen molar-refractivity contribution in [1.82, 2.24) is 19.1 Å². The molecule has 0 spiro atoms. The van der Waals surface area contributed by atoms with Crippen LogP contribution in [0.2, 0.25) is 0 Å². The summed E-state index contributed by atoms with van der Waals surface area (Å²) in [6.45, 7) is 0. The zero-order valence-corrected chi connectivity index (χ0v) is 18.7. The molecule has 8 rings (SSSR count). The first-order valence-corrected chi connectivity index (χ1v) is 11.8. The summed E-state index contributed by atoms with van der Waals surface area (Å²) in [4.78, 5) is 15.1. The Labute approximate surface area is 199 Å². The number of pyridine rings is 2. The molecule has 4 aromatic heterocycles. The fraction of sp³-hybridized carbons (Fsp3) is 0.0333. The van der Waals surface area contributed by atoms with Crippen LogP contribution in [0.15, 0.2) is 108 Å². The van der Waals surface area contributed by atoms with Crippen LogP contribution >= 0.6 is 0 Å². The summed E-state index contributed by atoms with van der Waals surface area (Å²) in [5.41, 5.74) is 6.04. The molecule has 35 heavy (non-hydrogen) atoms. The Bertz CT molecular complexity index is 2030. The molecule has 0 amide bonds. The van der Waals surface area contributed by atoms with Crippen LogP contribution in [-0.2, 0) is 0 Å². The first kappa shape index (κ1) is 18.6. The minimum absolute atomic E-state index is 0.146. The van der Waals surface area contributed by atoms with Gasteiger partial charge >= 0.3 is 0 Å². The highest BCUT2D eigenvalue weighted by molar-refractivity contribution is 6.15.